The van der Waals surface area contributed by atoms with Crippen molar-refractivity contribution in [1.29, 1.82) is 0 Å². The zero-order chi connectivity index (χ0) is 16.4. The van der Waals surface area contributed by atoms with Gasteiger partial charge in [-0.25, -0.2) is 0 Å². The molecule has 0 radical (unpaired) electrons. The molecule has 0 amide bonds. The number of non-ortho nitro benzene ring substituents is 1. The van der Waals surface area contributed by atoms with Crippen molar-refractivity contribution in [2.24, 2.45) is 5.92 Å². The van der Waals surface area contributed by atoms with Gasteiger partial charge in [0, 0.05) is 24.7 Å². The molecule has 3 atom stereocenters. The van der Waals surface area contributed by atoms with Crippen molar-refractivity contribution < 1.29 is 14.8 Å². The number of nitro benzene ring substituents is 1. The number of carboxylic acids is 1. The maximum atomic E-state index is 11.6. The Morgan fingerprint density at radius 1 is 1.26 bits per heavy atom. The molecule has 2 fully saturated rings. The third kappa shape index (κ3) is 3.37. The minimum absolute atomic E-state index is 0.0886. The molecule has 3 rings (SSSR count). The molecule has 3 unspecified atom stereocenters. The fraction of sp³-hybridized carbons (Fsp3) is 0.588. The first kappa shape index (κ1) is 15.9. The maximum Gasteiger partial charge on any atom is 0.320 e. The molecule has 1 aromatic carbocycles. The second-order valence-electron chi connectivity index (χ2n) is 6.61. The molecule has 1 N–H and O–H groups in total. The number of hydrogen-bond acceptors (Lipinski definition) is 4. The zero-order valence-corrected chi connectivity index (χ0v) is 13.1. The number of rotatable bonds is 5. The molecular formula is C17H22N2O4. The van der Waals surface area contributed by atoms with Gasteiger partial charge < -0.3 is 5.11 Å². The van der Waals surface area contributed by atoms with E-state index < -0.39 is 10.9 Å². The van der Waals surface area contributed by atoms with Crippen LogP contribution in [0.15, 0.2) is 24.3 Å². The molecule has 6 heteroatoms. The molecule has 1 aromatic rings. The lowest BCUT2D eigenvalue weighted by Crippen LogP contribution is -2.43. The molecule has 2 aliphatic rings. The molecule has 0 bridgehead atoms. The Labute approximate surface area is 135 Å². The minimum Gasteiger partial charge on any atom is -0.480 e. The predicted octanol–water partition coefficient (Wildman–Crippen LogP) is 2.86. The Morgan fingerprint density at radius 2 is 1.96 bits per heavy atom. The fourth-order valence-electron chi connectivity index (χ4n) is 4.16. The van der Waals surface area contributed by atoms with Crippen molar-refractivity contribution in [3.63, 3.8) is 0 Å². The second kappa shape index (κ2) is 6.66. The van der Waals surface area contributed by atoms with Crippen molar-refractivity contribution in [2.75, 3.05) is 6.54 Å². The van der Waals surface area contributed by atoms with Gasteiger partial charge in [-0.3, -0.25) is 19.8 Å². The molecule has 23 heavy (non-hydrogen) atoms. The molecule has 1 aliphatic heterocycles. The van der Waals surface area contributed by atoms with Crippen LogP contribution in [0.3, 0.4) is 0 Å². The van der Waals surface area contributed by atoms with E-state index in [1.54, 1.807) is 12.1 Å². The molecule has 1 saturated carbocycles. The Hall–Kier alpha value is -1.95. The van der Waals surface area contributed by atoms with Gasteiger partial charge in [-0.15, -0.1) is 0 Å². The Morgan fingerprint density at radius 3 is 2.61 bits per heavy atom. The van der Waals surface area contributed by atoms with Gasteiger partial charge in [-0.2, -0.15) is 0 Å². The summed E-state index contributed by atoms with van der Waals surface area (Å²) in [5.74, 6) is -0.204. The predicted molar refractivity (Wildman–Crippen MR) is 85.3 cm³/mol. The molecule has 6 nitrogen and oxygen atoms in total. The quantitative estimate of drug-likeness (QED) is 0.666. The molecule has 1 saturated heterocycles. The van der Waals surface area contributed by atoms with Gasteiger partial charge in [0.15, 0.2) is 0 Å². The van der Waals surface area contributed by atoms with Crippen LogP contribution in [0.25, 0.3) is 0 Å². The highest BCUT2D eigenvalue weighted by molar-refractivity contribution is 5.74. The summed E-state index contributed by atoms with van der Waals surface area (Å²) in [6.07, 6.45) is 6.12. The van der Waals surface area contributed by atoms with Gasteiger partial charge in [0.25, 0.3) is 5.69 Å². The summed E-state index contributed by atoms with van der Waals surface area (Å²) in [7, 11) is 0. The number of carboxylic acid groups (broad SMARTS) is 1. The zero-order valence-electron chi connectivity index (χ0n) is 13.1. The highest BCUT2D eigenvalue weighted by Crippen LogP contribution is 2.39. The summed E-state index contributed by atoms with van der Waals surface area (Å²) in [6, 6.07) is 6.57. The third-order valence-corrected chi connectivity index (χ3v) is 5.31. The summed E-state index contributed by atoms with van der Waals surface area (Å²) in [5.41, 5.74) is 1.10. The van der Waals surface area contributed by atoms with Crippen LogP contribution in [0.1, 0.15) is 37.7 Å². The topological polar surface area (TPSA) is 83.7 Å². The first-order chi connectivity index (χ1) is 11.1. The van der Waals surface area contributed by atoms with Crippen molar-refractivity contribution in [3.05, 3.63) is 39.9 Å². The normalized spacial score (nSPS) is 27.6. The lowest BCUT2D eigenvalue weighted by atomic mass is 9.84. The monoisotopic (exact) mass is 318 g/mol. The highest BCUT2D eigenvalue weighted by atomic mass is 16.6. The molecule has 1 heterocycles. The van der Waals surface area contributed by atoms with E-state index in [2.05, 4.69) is 4.90 Å². The molecular weight excluding hydrogens is 296 g/mol. The Kier molecular flexibility index (Phi) is 4.61. The van der Waals surface area contributed by atoms with Crippen LogP contribution in [-0.2, 0) is 11.2 Å². The van der Waals surface area contributed by atoms with Gasteiger partial charge in [0.1, 0.15) is 6.04 Å². The van der Waals surface area contributed by atoms with Crippen molar-refractivity contribution in [1.82, 2.24) is 4.90 Å². The number of likely N-dealkylation sites (tertiary alicyclic amines) is 1. The van der Waals surface area contributed by atoms with E-state index in [0.717, 1.165) is 31.2 Å². The molecule has 1 aliphatic carbocycles. The number of hydrogen-bond donors (Lipinski definition) is 1. The van der Waals surface area contributed by atoms with Crippen LogP contribution in [0.4, 0.5) is 5.69 Å². The average Bonchev–Trinajstić information content (AvgIpc) is 2.92. The number of nitrogens with zero attached hydrogens (tertiary/aromatic N) is 2. The summed E-state index contributed by atoms with van der Waals surface area (Å²) in [4.78, 5) is 24.0. The van der Waals surface area contributed by atoms with Crippen LogP contribution in [0.5, 0.6) is 0 Å². The van der Waals surface area contributed by atoms with E-state index in [9.17, 15) is 20.0 Å². The first-order valence-corrected chi connectivity index (χ1v) is 8.28. The lowest BCUT2D eigenvalue weighted by molar-refractivity contribution is -0.384. The SMILES string of the molecule is O=C(O)C1CC2CCCCC2N1CCc1ccc([N+](=O)[O-])cc1. The van der Waals surface area contributed by atoms with E-state index in [0.29, 0.717) is 18.5 Å². The van der Waals surface area contributed by atoms with Gasteiger partial charge in [-0.1, -0.05) is 25.0 Å². The van der Waals surface area contributed by atoms with E-state index in [1.165, 1.54) is 25.0 Å². The smallest absolute Gasteiger partial charge is 0.320 e. The summed E-state index contributed by atoms with van der Waals surface area (Å²) >= 11 is 0. The van der Waals surface area contributed by atoms with Crippen molar-refractivity contribution in [2.45, 2.75) is 50.6 Å². The van der Waals surface area contributed by atoms with E-state index in [-0.39, 0.29) is 11.7 Å². The van der Waals surface area contributed by atoms with Gasteiger partial charge >= 0.3 is 5.97 Å². The molecule has 0 aromatic heterocycles. The van der Waals surface area contributed by atoms with Crippen LogP contribution >= 0.6 is 0 Å². The minimum atomic E-state index is -0.719. The van der Waals surface area contributed by atoms with E-state index in [4.69, 9.17) is 0 Å². The largest absolute Gasteiger partial charge is 0.480 e. The van der Waals surface area contributed by atoms with Gasteiger partial charge in [0.2, 0.25) is 0 Å². The average molecular weight is 318 g/mol. The number of aliphatic carboxylic acids is 1. The summed E-state index contributed by atoms with van der Waals surface area (Å²) in [5, 5.41) is 20.2. The van der Waals surface area contributed by atoms with Crippen LogP contribution in [0.2, 0.25) is 0 Å². The number of benzene rings is 1. The molecule has 0 spiro atoms. The summed E-state index contributed by atoms with van der Waals surface area (Å²) in [6.45, 7) is 0.704. The summed E-state index contributed by atoms with van der Waals surface area (Å²) < 4.78 is 0. The molecule has 124 valence electrons. The standard InChI is InChI=1S/C17H22N2O4/c20-17(21)16-11-13-3-1-2-4-15(13)18(16)10-9-12-5-7-14(8-6-12)19(22)23/h5-8,13,15-16H,1-4,9-11H2,(H,20,21). The van der Waals surface area contributed by atoms with E-state index >= 15 is 0 Å². The lowest BCUT2D eigenvalue weighted by Gasteiger charge is -2.33. The van der Waals surface area contributed by atoms with Crippen molar-refractivity contribution >= 4 is 11.7 Å². The number of fused-ring (bicyclic) bond motifs is 1. The van der Waals surface area contributed by atoms with E-state index in [1.807, 2.05) is 0 Å². The van der Waals surface area contributed by atoms with Gasteiger partial charge in [-0.05, 0) is 37.2 Å². The Balaban J connectivity index is 1.67. The maximum absolute atomic E-state index is 11.6. The Bertz CT molecular complexity index is 587. The first-order valence-electron chi connectivity index (χ1n) is 8.28. The van der Waals surface area contributed by atoms with Crippen LogP contribution in [-0.4, -0.2) is 39.5 Å². The number of carbonyl (C=O) groups is 1. The third-order valence-electron chi connectivity index (χ3n) is 5.31. The second-order valence-corrected chi connectivity index (χ2v) is 6.61. The van der Waals surface area contributed by atoms with Crippen LogP contribution < -0.4 is 0 Å². The highest BCUT2D eigenvalue weighted by Gasteiger charge is 2.44. The van der Waals surface area contributed by atoms with Crippen molar-refractivity contribution in [3.8, 4) is 0 Å². The van der Waals surface area contributed by atoms with Gasteiger partial charge in [0.05, 0.1) is 4.92 Å². The fourth-order valence-corrected chi connectivity index (χ4v) is 4.16. The number of nitro groups is 1. The van der Waals surface area contributed by atoms with Crippen LogP contribution in [0, 0.1) is 16.0 Å².